The van der Waals surface area contributed by atoms with Gasteiger partial charge in [0.25, 0.3) is 5.91 Å². The molecule has 2 rings (SSSR count). The van der Waals surface area contributed by atoms with Gasteiger partial charge in [-0.1, -0.05) is 0 Å². The maximum Gasteiger partial charge on any atom is 0.263 e. The molecular weight excluding hydrogens is 289 g/mol. The number of carbonyl (C=O) groups is 1. The first-order chi connectivity index (χ1) is 10.4. The van der Waals surface area contributed by atoms with Gasteiger partial charge in [0.05, 0.1) is 12.8 Å². The van der Waals surface area contributed by atoms with Crippen LogP contribution in [0.2, 0.25) is 0 Å². The first-order valence-corrected chi connectivity index (χ1v) is 6.83. The SMILES string of the molecule is CC(C)(Oc1ccc(F)cc1)C(=O)NCC(O)c1ccco1. The van der Waals surface area contributed by atoms with E-state index in [0.717, 1.165) is 0 Å². The molecule has 5 nitrogen and oxygen atoms in total. The van der Waals surface area contributed by atoms with Crippen LogP contribution >= 0.6 is 0 Å². The lowest BCUT2D eigenvalue weighted by molar-refractivity contribution is -0.134. The van der Waals surface area contributed by atoms with Gasteiger partial charge in [0.15, 0.2) is 5.60 Å². The van der Waals surface area contributed by atoms with E-state index in [-0.39, 0.29) is 12.4 Å². The number of aliphatic hydroxyl groups excluding tert-OH is 1. The van der Waals surface area contributed by atoms with Gasteiger partial charge in [-0.15, -0.1) is 0 Å². The minimum atomic E-state index is -1.17. The number of carbonyl (C=O) groups excluding carboxylic acids is 1. The van der Waals surface area contributed by atoms with Crippen molar-refractivity contribution in [2.45, 2.75) is 25.6 Å². The summed E-state index contributed by atoms with van der Waals surface area (Å²) in [5.74, 6) is -0.0238. The molecule has 0 aliphatic rings. The molecule has 1 unspecified atom stereocenters. The van der Waals surface area contributed by atoms with Gasteiger partial charge < -0.3 is 19.6 Å². The molecule has 2 N–H and O–H groups in total. The van der Waals surface area contributed by atoms with E-state index in [9.17, 15) is 14.3 Å². The zero-order valence-corrected chi connectivity index (χ0v) is 12.4. The van der Waals surface area contributed by atoms with Gasteiger partial charge in [0.2, 0.25) is 0 Å². The fraction of sp³-hybridized carbons (Fsp3) is 0.312. The van der Waals surface area contributed by atoms with E-state index in [1.165, 1.54) is 30.5 Å². The van der Waals surface area contributed by atoms with Crippen LogP contribution in [0, 0.1) is 5.82 Å². The van der Waals surface area contributed by atoms with Crippen LogP contribution in [0.5, 0.6) is 5.75 Å². The molecule has 0 saturated heterocycles. The molecule has 0 radical (unpaired) electrons. The molecule has 0 saturated carbocycles. The summed E-state index contributed by atoms with van der Waals surface area (Å²) in [5, 5.41) is 12.4. The Kier molecular flexibility index (Phi) is 4.82. The van der Waals surface area contributed by atoms with Crippen LogP contribution in [0.15, 0.2) is 47.1 Å². The van der Waals surface area contributed by atoms with Crippen molar-refractivity contribution < 1.29 is 23.4 Å². The maximum absolute atomic E-state index is 12.9. The normalized spacial score (nSPS) is 12.7. The van der Waals surface area contributed by atoms with Crippen LogP contribution in [-0.2, 0) is 4.79 Å². The first kappa shape index (κ1) is 16.0. The van der Waals surface area contributed by atoms with Crippen molar-refractivity contribution in [3.8, 4) is 5.75 Å². The second-order valence-corrected chi connectivity index (χ2v) is 5.31. The first-order valence-electron chi connectivity index (χ1n) is 6.83. The smallest absolute Gasteiger partial charge is 0.263 e. The van der Waals surface area contributed by atoms with E-state index in [1.54, 1.807) is 26.0 Å². The molecule has 1 aromatic carbocycles. The topological polar surface area (TPSA) is 71.7 Å². The number of furan rings is 1. The average Bonchev–Trinajstić information content (AvgIpc) is 3.01. The molecule has 2 aromatic rings. The minimum Gasteiger partial charge on any atom is -0.478 e. The number of aliphatic hydroxyl groups is 1. The van der Waals surface area contributed by atoms with E-state index < -0.39 is 17.6 Å². The number of amides is 1. The molecule has 0 aliphatic heterocycles. The van der Waals surface area contributed by atoms with Crippen LogP contribution in [0.25, 0.3) is 0 Å². The Hall–Kier alpha value is -2.34. The maximum atomic E-state index is 12.9. The molecule has 1 amide bonds. The van der Waals surface area contributed by atoms with Gasteiger partial charge in [-0.05, 0) is 50.2 Å². The fourth-order valence-corrected chi connectivity index (χ4v) is 1.83. The third-order valence-corrected chi connectivity index (χ3v) is 3.06. The number of hydrogen-bond acceptors (Lipinski definition) is 4. The zero-order chi connectivity index (χ0) is 16.2. The Morgan fingerprint density at radius 2 is 2.05 bits per heavy atom. The lowest BCUT2D eigenvalue weighted by Gasteiger charge is -2.25. The lowest BCUT2D eigenvalue weighted by Crippen LogP contribution is -2.47. The number of nitrogens with one attached hydrogen (secondary N) is 1. The van der Waals surface area contributed by atoms with Gasteiger partial charge in [-0.2, -0.15) is 0 Å². The third kappa shape index (κ3) is 4.08. The number of ether oxygens (including phenoxy) is 1. The van der Waals surface area contributed by atoms with Gasteiger partial charge in [0, 0.05) is 0 Å². The number of benzene rings is 1. The average molecular weight is 307 g/mol. The van der Waals surface area contributed by atoms with E-state index >= 15 is 0 Å². The van der Waals surface area contributed by atoms with Crippen molar-refractivity contribution in [2.75, 3.05) is 6.54 Å². The van der Waals surface area contributed by atoms with Gasteiger partial charge in [-0.3, -0.25) is 4.79 Å². The molecule has 22 heavy (non-hydrogen) atoms. The summed E-state index contributed by atoms with van der Waals surface area (Å²) >= 11 is 0. The molecule has 1 heterocycles. The predicted octanol–water partition coefficient (Wildman–Crippen LogP) is 2.43. The fourth-order valence-electron chi connectivity index (χ4n) is 1.83. The molecule has 118 valence electrons. The molecule has 0 spiro atoms. The van der Waals surface area contributed by atoms with Crippen molar-refractivity contribution in [3.63, 3.8) is 0 Å². The van der Waals surface area contributed by atoms with Crippen LogP contribution < -0.4 is 10.1 Å². The lowest BCUT2D eigenvalue weighted by atomic mass is 10.1. The van der Waals surface area contributed by atoms with E-state index in [1.807, 2.05) is 0 Å². The summed E-state index contributed by atoms with van der Waals surface area (Å²) in [6.07, 6.45) is 0.516. The second kappa shape index (κ2) is 6.62. The number of rotatable bonds is 6. The molecule has 1 atom stereocenters. The summed E-state index contributed by atoms with van der Waals surface area (Å²) < 4.78 is 23.5. The van der Waals surface area contributed by atoms with Crippen molar-refractivity contribution in [1.82, 2.24) is 5.32 Å². The van der Waals surface area contributed by atoms with Crippen molar-refractivity contribution in [2.24, 2.45) is 0 Å². The van der Waals surface area contributed by atoms with Gasteiger partial charge >= 0.3 is 0 Å². The molecule has 0 aliphatic carbocycles. The summed E-state index contributed by atoms with van der Waals surface area (Å²) in [5.41, 5.74) is -1.17. The van der Waals surface area contributed by atoms with Crippen LogP contribution in [0.4, 0.5) is 4.39 Å². The number of hydrogen-bond donors (Lipinski definition) is 2. The molecular formula is C16H18FNO4. The zero-order valence-electron chi connectivity index (χ0n) is 12.4. The van der Waals surface area contributed by atoms with Crippen LogP contribution in [0.3, 0.4) is 0 Å². The summed E-state index contributed by atoms with van der Waals surface area (Å²) in [6, 6.07) is 8.68. The van der Waals surface area contributed by atoms with E-state index in [4.69, 9.17) is 9.15 Å². The Bertz CT molecular complexity index is 608. The highest BCUT2D eigenvalue weighted by Crippen LogP contribution is 2.19. The Balaban J connectivity index is 1.91. The minimum absolute atomic E-state index is 0.00253. The van der Waals surface area contributed by atoms with E-state index in [2.05, 4.69) is 5.32 Å². The predicted molar refractivity (Wildman–Crippen MR) is 77.8 cm³/mol. The molecule has 6 heteroatoms. The number of halogens is 1. The Morgan fingerprint density at radius 3 is 2.64 bits per heavy atom. The highest BCUT2D eigenvalue weighted by atomic mass is 19.1. The summed E-state index contributed by atoms with van der Waals surface area (Å²) in [4.78, 5) is 12.2. The van der Waals surface area contributed by atoms with Crippen molar-refractivity contribution in [3.05, 3.63) is 54.2 Å². The Morgan fingerprint density at radius 1 is 1.36 bits per heavy atom. The summed E-state index contributed by atoms with van der Waals surface area (Å²) in [7, 11) is 0. The van der Waals surface area contributed by atoms with Gasteiger partial charge in [-0.25, -0.2) is 4.39 Å². The molecule has 0 bridgehead atoms. The Labute approximate surface area is 127 Å². The van der Waals surface area contributed by atoms with Crippen LogP contribution in [-0.4, -0.2) is 23.2 Å². The monoisotopic (exact) mass is 307 g/mol. The van der Waals surface area contributed by atoms with Gasteiger partial charge in [0.1, 0.15) is 23.4 Å². The highest BCUT2D eigenvalue weighted by Gasteiger charge is 2.30. The summed E-state index contributed by atoms with van der Waals surface area (Å²) in [6.45, 7) is 3.18. The van der Waals surface area contributed by atoms with Crippen LogP contribution in [0.1, 0.15) is 25.7 Å². The standard InChI is InChI=1S/C16H18FNO4/c1-16(2,22-12-7-5-11(17)6-8-12)15(20)18-10-13(19)14-4-3-9-21-14/h3-9,13,19H,10H2,1-2H3,(H,18,20). The highest BCUT2D eigenvalue weighted by molar-refractivity contribution is 5.84. The van der Waals surface area contributed by atoms with Crippen molar-refractivity contribution >= 4 is 5.91 Å². The molecule has 1 aromatic heterocycles. The largest absolute Gasteiger partial charge is 0.478 e. The molecule has 0 fully saturated rings. The second-order valence-electron chi connectivity index (χ2n) is 5.31. The quantitative estimate of drug-likeness (QED) is 0.860. The van der Waals surface area contributed by atoms with Crippen molar-refractivity contribution in [1.29, 1.82) is 0 Å². The van der Waals surface area contributed by atoms with E-state index in [0.29, 0.717) is 11.5 Å². The third-order valence-electron chi connectivity index (χ3n) is 3.06.